The molecule has 2 saturated carbocycles. The van der Waals surface area contributed by atoms with E-state index in [0.29, 0.717) is 24.4 Å². The number of nitrogens with one attached hydrogen (secondary N) is 2. The van der Waals surface area contributed by atoms with Gasteiger partial charge in [0.2, 0.25) is 0 Å². The Balaban J connectivity index is 1.13. The summed E-state index contributed by atoms with van der Waals surface area (Å²) in [6.45, 7) is 0.666. The molecule has 5 atom stereocenters. The second-order valence-electron chi connectivity index (χ2n) is 10.2. The SMILES string of the molecule is O=C(NCCSCc1ccc(Cl)cc1)c1ccc2c(c1)[C@@H]1[C@H]3CC[C@@H](C3)[C@H]1[C@@H](c1ccccc1)N2. The molecule has 0 spiro atoms. The quantitative estimate of drug-likeness (QED) is 0.333. The van der Waals surface area contributed by atoms with Crippen LogP contribution in [-0.4, -0.2) is 18.2 Å². The maximum absolute atomic E-state index is 13.0. The smallest absolute Gasteiger partial charge is 0.251 e. The molecule has 1 amide bonds. The molecular weight excluding hydrogens is 472 g/mol. The topological polar surface area (TPSA) is 41.1 Å². The minimum absolute atomic E-state index is 0.0322. The number of halogens is 1. The molecule has 0 unspecified atom stereocenters. The van der Waals surface area contributed by atoms with Crippen molar-refractivity contribution in [3.05, 3.63) is 100 Å². The highest BCUT2D eigenvalue weighted by Crippen LogP contribution is 2.63. The molecule has 35 heavy (non-hydrogen) atoms. The molecule has 5 heteroatoms. The van der Waals surface area contributed by atoms with Gasteiger partial charge in [-0.15, -0.1) is 0 Å². The molecule has 0 radical (unpaired) electrons. The van der Waals surface area contributed by atoms with E-state index in [4.69, 9.17) is 11.6 Å². The molecule has 3 aromatic carbocycles. The Morgan fingerprint density at radius 3 is 2.63 bits per heavy atom. The molecule has 2 bridgehead atoms. The number of rotatable bonds is 7. The molecule has 1 heterocycles. The zero-order valence-corrected chi connectivity index (χ0v) is 21.3. The van der Waals surface area contributed by atoms with Crippen molar-refractivity contribution >= 4 is 35.0 Å². The van der Waals surface area contributed by atoms with Gasteiger partial charge >= 0.3 is 0 Å². The van der Waals surface area contributed by atoms with Crippen LogP contribution in [0.5, 0.6) is 0 Å². The van der Waals surface area contributed by atoms with Crippen LogP contribution in [-0.2, 0) is 5.75 Å². The normalized spacial score (nSPS) is 26.0. The van der Waals surface area contributed by atoms with Crippen LogP contribution in [0.15, 0.2) is 72.8 Å². The third-order valence-electron chi connectivity index (χ3n) is 8.22. The summed E-state index contributed by atoms with van der Waals surface area (Å²) < 4.78 is 0. The van der Waals surface area contributed by atoms with Gasteiger partial charge < -0.3 is 10.6 Å². The van der Waals surface area contributed by atoms with E-state index in [2.05, 4.69) is 65.2 Å². The number of fused-ring (bicyclic) bond motifs is 7. The van der Waals surface area contributed by atoms with Crippen LogP contribution in [0, 0.1) is 17.8 Å². The predicted molar refractivity (Wildman–Crippen MR) is 146 cm³/mol. The lowest BCUT2D eigenvalue weighted by atomic mass is 9.68. The molecule has 180 valence electrons. The van der Waals surface area contributed by atoms with Crippen LogP contribution in [0.25, 0.3) is 0 Å². The summed E-state index contributed by atoms with van der Waals surface area (Å²) in [5, 5.41) is 7.76. The maximum atomic E-state index is 13.0. The molecule has 6 rings (SSSR count). The summed E-state index contributed by atoms with van der Waals surface area (Å²) in [5.41, 5.74) is 6.00. The van der Waals surface area contributed by atoms with Crippen LogP contribution in [0.4, 0.5) is 5.69 Å². The van der Waals surface area contributed by atoms with E-state index < -0.39 is 0 Å². The highest BCUT2D eigenvalue weighted by Gasteiger charge is 2.53. The molecule has 0 aromatic heterocycles. The van der Waals surface area contributed by atoms with E-state index >= 15 is 0 Å². The fourth-order valence-corrected chi connectivity index (χ4v) is 7.67. The lowest BCUT2D eigenvalue weighted by Gasteiger charge is -2.43. The number of anilines is 1. The van der Waals surface area contributed by atoms with Crippen LogP contribution < -0.4 is 10.6 Å². The third kappa shape index (κ3) is 4.59. The lowest BCUT2D eigenvalue weighted by Crippen LogP contribution is -2.35. The van der Waals surface area contributed by atoms with E-state index in [9.17, 15) is 4.79 Å². The van der Waals surface area contributed by atoms with Crippen molar-refractivity contribution in [2.45, 2.75) is 37.0 Å². The largest absolute Gasteiger partial charge is 0.378 e. The Morgan fingerprint density at radius 2 is 1.80 bits per heavy atom. The number of hydrogen-bond donors (Lipinski definition) is 2. The van der Waals surface area contributed by atoms with Gasteiger partial charge in [-0.25, -0.2) is 0 Å². The first-order valence-electron chi connectivity index (χ1n) is 12.7. The fourth-order valence-electron chi connectivity index (χ4n) is 6.73. The molecule has 3 aliphatic rings. The average Bonchev–Trinajstić information content (AvgIpc) is 3.52. The van der Waals surface area contributed by atoms with Gasteiger partial charge in [-0.3, -0.25) is 4.79 Å². The zero-order valence-electron chi connectivity index (χ0n) is 19.8. The van der Waals surface area contributed by atoms with E-state index in [0.717, 1.165) is 33.9 Å². The summed E-state index contributed by atoms with van der Waals surface area (Å²) in [4.78, 5) is 13.0. The fraction of sp³-hybridized carbons (Fsp3) is 0.367. The van der Waals surface area contributed by atoms with Crippen molar-refractivity contribution in [1.29, 1.82) is 0 Å². The number of benzene rings is 3. The number of carbonyl (C=O) groups is 1. The minimum atomic E-state index is 0.0322. The first kappa shape index (κ1) is 23.0. The van der Waals surface area contributed by atoms with Gasteiger partial charge in [0.25, 0.3) is 5.91 Å². The molecule has 3 nitrogen and oxygen atoms in total. The van der Waals surface area contributed by atoms with Gasteiger partial charge in [-0.2, -0.15) is 11.8 Å². The van der Waals surface area contributed by atoms with Gasteiger partial charge in [-0.1, -0.05) is 54.1 Å². The van der Waals surface area contributed by atoms with Crippen molar-refractivity contribution < 1.29 is 4.79 Å². The van der Waals surface area contributed by atoms with Gasteiger partial charge in [0, 0.05) is 34.3 Å². The van der Waals surface area contributed by atoms with Crippen LogP contribution in [0.1, 0.15) is 58.3 Å². The third-order valence-corrected chi connectivity index (χ3v) is 9.50. The van der Waals surface area contributed by atoms with Gasteiger partial charge in [0.15, 0.2) is 0 Å². The molecule has 2 aliphatic carbocycles. The van der Waals surface area contributed by atoms with Crippen molar-refractivity contribution in [1.82, 2.24) is 5.32 Å². The second kappa shape index (κ2) is 9.91. The zero-order chi connectivity index (χ0) is 23.8. The molecule has 0 saturated heterocycles. The van der Waals surface area contributed by atoms with Crippen LogP contribution >= 0.6 is 23.4 Å². The molecule has 1 aliphatic heterocycles. The van der Waals surface area contributed by atoms with E-state index in [-0.39, 0.29) is 5.91 Å². The van der Waals surface area contributed by atoms with E-state index in [1.165, 1.54) is 41.6 Å². The van der Waals surface area contributed by atoms with Gasteiger partial charge in [-0.05, 0) is 90.0 Å². The van der Waals surface area contributed by atoms with Crippen molar-refractivity contribution in [2.75, 3.05) is 17.6 Å². The summed E-state index contributed by atoms with van der Waals surface area (Å²) in [5.74, 6) is 4.54. The molecule has 3 aromatic rings. The number of carbonyl (C=O) groups excluding carboxylic acids is 1. The van der Waals surface area contributed by atoms with Gasteiger partial charge in [0.1, 0.15) is 0 Å². The molecular formula is C30H31ClN2OS. The number of hydrogen-bond acceptors (Lipinski definition) is 3. The maximum Gasteiger partial charge on any atom is 0.251 e. The summed E-state index contributed by atoms with van der Waals surface area (Å²) in [6.07, 6.45) is 4.01. The van der Waals surface area contributed by atoms with E-state index in [1.807, 2.05) is 30.0 Å². The Labute approximate surface area is 217 Å². The van der Waals surface area contributed by atoms with Crippen LogP contribution in [0.3, 0.4) is 0 Å². The van der Waals surface area contributed by atoms with Crippen molar-refractivity contribution in [3.8, 4) is 0 Å². The van der Waals surface area contributed by atoms with Crippen molar-refractivity contribution in [3.63, 3.8) is 0 Å². The lowest BCUT2D eigenvalue weighted by molar-refractivity contribution is 0.0956. The molecule has 2 N–H and O–H groups in total. The van der Waals surface area contributed by atoms with E-state index in [1.54, 1.807) is 0 Å². The highest BCUT2D eigenvalue weighted by molar-refractivity contribution is 7.98. The summed E-state index contributed by atoms with van der Waals surface area (Å²) >= 11 is 7.78. The van der Waals surface area contributed by atoms with Gasteiger partial charge in [0.05, 0.1) is 6.04 Å². The number of thioether (sulfide) groups is 1. The first-order chi connectivity index (χ1) is 17.2. The average molecular weight is 503 g/mol. The van der Waals surface area contributed by atoms with Crippen LogP contribution in [0.2, 0.25) is 5.02 Å². The summed E-state index contributed by atoms with van der Waals surface area (Å²) in [6, 6.07) is 25.5. The second-order valence-corrected chi connectivity index (χ2v) is 11.7. The number of amides is 1. The standard InChI is InChI=1S/C30H31ClN2OS/c31-24-11-6-19(7-12-24)18-35-15-14-32-30(34)23-10-13-26-25(17-23)27-21-8-9-22(16-21)28(27)29(33-26)20-4-2-1-3-5-20/h1-7,10-13,17,21-22,27-29,33H,8-9,14-16,18H2,(H,32,34)/t21-,22-,27-,28+,29+/m0/s1. The first-order valence-corrected chi connectivity index (χ1v) is 14.3. The predicted octanol–water partition coefficient (Wildman–Crippen LogP) is 7.30. The molecule has 2 fully saturated rings. The summed E-state index contributed by atoms with van der Waals surface area (Å²) in [7, 11) is 0. The van der Waals surface area contributed by atoms with Crippen molar-refractivity contribution in [2.24, 2.45) is 17.8 Å². The monoisotopic (exact) mass is 502 g/mol. The Kier molecular flexibility index (Phi) is 6.51. The Hall–Kier alpha value is -2.43. The Morgan fingerprint density at radius 1 is 1.00 bits per heavy atom. The Bertz CT molecular complexity index is 1200. The minimum Gasteiger partial charge on any atom is -0.378 e. The highest BCUT2D eigenvalue weighted by atomic mass is 35.5.